The molecule has 0 unspecified atom stereocenters. The smallest absolute Gasteiger partial charge is 0.244 e. The summed E-state index contributed by atoms with van der Waals surface area (Å²) in [5, 5.41) is 4.02. The predicted octanol–water partition coefficient (Wildman–Crippen LogP) is 3.13. The van der Waals surface area contributed by atoms with Crippen LogP contribution in [-0.4, -0.2) is 37.9 Å². The summed E-state index contributed by atoms with van der Waals surface area (Å²) in [4.78, 5) is 12.7. The van der Waals surface area contributed by atoms with Crippen LogP contribution in [-0.2, 0) is 21.2 Å². The van der Waals surface area contributed by atoms with Gasteiger partial charge >= 0.3 is 0 Å². The molecule has 0 radical (unpaired) electrons. The van der Waals surface area contributed by atoms with Crippen LogP contribution in [0.25, 0.3) is 0 Å². The Labute approximate surface area is 172 Å². The first-order chi connectivity index (χ1) is 14.0. The zero-order valence-corrected chi connectivity index (χ0v) is 17.4. The average molecular weight is 414 g/mol. The number of piperidine rings is 1. The van der Waals surface area contributed by atoms with Crippen molar-refractivity contribution in [2.45, 2.75) is 37.5 Å². The molecule has 6 nitrogen and oxygen atoms in total. The van der Waals surface area contributed by atoms with E-state index in [0.29, 0.717) is 19.4 Å². The SMILES string of the molecule is Cc1ccc(S(=O)(=O)N2CCC[C@@H](C(=O)N/N=C\CCc3ccccc3)C2)cc1. The third-order valence-corrected chi connectivity index (χ3v) is 6.96. The Morgan fingerprint density at radius 3 is 2.62 bits per heavy atom. The fourth-order valence-electron chi connectivity index (χ4n) is 3.38. The molecule has 2 aromatic rings. The van der Waals surface area contributed by atoms with Crippen LogP contribution in [0.2, 0.25) is 0 Å². The Balaban J connectivity index is 1.52. The molecule has 1 N–H and O–H groups in total. The maximum absolute atomic E-state index is 12.9. The number of hydrogen-bond acceptors (Lipinski definition) is 4. The van der Waals surface area contributed by atoms with Crippen molar-refractivity contribution in [2.75, 3.05) is 13.1 Å². The van der Waals surface area contributed by atoms with E-state index in [9.17, 15) is 13.2 Å². The molecule has 1 atom stereocenters. The van der Waals surface area contributed by atoms with Crippen LogP contribution < -0.4 is 5.43 Å². The number of aryl methyl sites for hydroxylation is 2. The fraction of sp³-hybridized carbons (Fsp3) is 0.364. The standard InChI is InChI=1S/C22H27N3O3S/c1-18-11-13-21(14-12-18)29(27,28)25-16-6-10-20(17-25)22(26)24-23-15-5-9-19-7-3-2-4-8-19/h2-4,7-8,11-15,20H,5-6,9-10,16-17H2,1H3,(H,24,26)/b23-15-/t20-/m1/s1. The molecule has 1 amide bonds. The Kier molecular flexibility index (Phi) is 7.17. The van der Waals surface area contributed by atoms with Gasteiger partial charge in [-0.15, -0.1) is 0 Å². The van der Waals surface area contributed by atoms with Gasteiger partial charge in [-0.3, -0.25) is 4.79 Å². The summed E-state index contributed by atoms with van der Waals surface area (Å²) >= 11 is 0. The van der Waals surface area contributed by atoms with E-state index >= 15 is 0 Å². The molecule has 0 saturated carbocycles. The molecule has 7 heteroatoms. The third-order valence-electron chi connectivity index (χ3n) is 5.08. The monoisotopic (exact) mass is 413 g/mol. The minimum atomic E-state index is -3.59. The molecular formula is C22H27N3O3S. The summed E-state index contributed by atoms with van der Waals surface area (Å²) in [5.74, 6) is -0.625. The van der Waals surface area contributed by atoms with E-state index in [1.807, 2.05) is 25.1 Å². The number of benzene rings is 2. The van der Waals surface area contributed by atoms with Crippen molar-refractivity contribution in [3.8, 4) is 0 Å². The van der Waals surface area contributed by atoms with Crippen molar-refractivity contribution in [1.82, 2.24) is 9.73 Å². The van der Waals surface area contributed by atoms with Gasteiger partial charge in [0.1, 0.15) is 0 Å². The number of nitrogens with one attached hydrogen (secondary N) is 1. The van der Waals surface area contributed by atoms with Crippen LogP contribution >= 0.6 is 0 Å². The van der Waals surface area contributed by atoms with Crippen molar-refractivity contribution in [2.24, 2.45) is 11.0 Å². The highest BCUT2D eigenvalue weighted by Crippen LogP contribution is 2.24. The molecule has 1 heterocycles. The van der Waals surface area contributed by atoms with Gasteiger partial charge in [0.15, 0.2) is 0 Å². The van der Waals surface area contributed by atoms with E-state index in [0.717, 1.165) is 18.4 Å². The number of hydrogen-bond donors (Lipinski definition) is 1. The van der Waals surface area contributed by atoms with Crippen LogP contribution in [0, 0.1) is 12.8 Å². The quantitative estimate of drug-likeness (QED) is 0.559. The lowest BCUT2D eigenvalue weighted by molar-refractivity contribution is -0.126. The molecule has 0 aromatic heterocycles. The van der Waals surface area contributed by atoms with Crippen LogP contribution in [0.1, 0.15) is 30.4 Å². The van der Waals surface area contributed by atoms with Crippen molar-refractivity contribution < 1.29 is 13.2 Å². The molecule has 1 saturated heterocycles. The molecule has 1 aliphatic rings. The Morgan fingerprint density at radius 2 is 1.90 bits per heavy atom. The highest BCUT2D eigenvalue weighted by Gasteiger charge is 2.33. The second-order valence-corrected chi connectivity index (χ2v) is 9.27. The van der Waals surface area contributed by atoms with Gasteiger partial charge in [-0.2, -0.15) is 9.41 Å². The highest BCUT2D eigenvalue weighted by atomic mass is 32.2. The largest absolute Gasteiger partial charge is 0.273 e. The minimum absolute atomic E-state index is 0.182. The van der Waals surface area contributed by atoms with Gasteiger partial charge in [0.05, 0.1) is 10.8 Å². The van der Waals surface area contributed by atoms with Crippen LogP contribution in [0.3, 0.4) is 0 Å². The second kappa shape index (κ2) is 9.80. The summed E-state index contributed by atoms with van der Waals surface area (Å²) in [6.07, 6.45) is 4.58. The van der Waals surface area contributed by atoms with Crippen molar-refractivity contribution in [1.29, 1.82) is 0 Å². The summed E-state index contributed by atoms with van der Waals surface area (Å²) in [6, 6.07) is 16.9. The molecule has 2 aromatic carbocycles. The third kappa shape index (κ3) is 5.74. The van der Waals surface area contributed by atoms with E-state index in [1.54, 1.807) is 30.5 Å². The minimum Gasteiger partial charge on any atom is -0.273 e. The van der Waals surface area contributed by atoms with Crippen molar-refractivity contribution in [3.63, 3.8) is 0 Å². The first-order valence-corrected chi connectivity index (χ1v) is 11.3. The molecule has 154 valence electrons. The fourth-order valence-corrected chi connectivity index (χ4v) is 4.90. The van der Waals surface area contributed by atoms with Gasteiger partial charge in [-0.1, -0.05) is 48.0 Å². The van der Waals surface area contributed by atoms with E-state index in [-0.39, 0.29) is 17.3 Å². The Bertz CT molecular complexity index is 941. The maximum Gasteiger partial charge on any atom is 0.244 e. The van der Waals surface area contributed by atoms with E-state index in [1.165, 1.54) is 9.87 Å². The Hall–Kier alpha value is -2.51. The number of hydrazone groups is 1. The van der Waals surface area contributed by atoms with Crippen molar-refractivity contribution in [3.05, 3.63) is 65.7 Å². The normalized spacial score (nSPS) is 18.0. The first-order valence-electron chi connectivity index (χ1n) is 9.89. The zero-order chi connectivity index (χ0) is 20.7. The summed E-state index contributed by atoms with van der Waals surface area (Å²) in [6.45, 7) is 2.53. The molecule has 1 fully saturated rings. The first kappa shape index (κ1) is 21.2. The molecule has 3 rings (SSSR count). The number of rotatable bonds is 7. The number of sulfonamides is 1. The van der Waals surface area contributed by atoms with Gasteiger partial charge in [-0.25, -0.2) is 13.8 Å². The lowest BCUT2D eigenvalue weighted by Crippen LogP contribution is -2.44. The lowest BCUT2D eigenvalue weighted by Gasteiger charge is -2.30. The van der Waals surface area contributed by atoms with Gasteiger partial charge in [-0.05, 0) is 50.3 Å². The molecule has 0 spiro atoms. The van der Waals surface area contributed by atoms with Crippen LogP contribution in [0.15, 0.2) is 64.6 Å². The molecule has 29 heavy (non-hydrogen) atoms. The topological polar surface area (TPSA) is 78.8 Å². The maximum atomic E-state index is 12.9. The molecule has 0 aliphatic carbocycles. The number of nitrogens with zero attached hydrogens (tertiary/aromatic N) is 2. The molecule has 1 aliphatic heterocycles. The summed E-state index contributed by atoms with van der Waals surface area (Å²) < 4.78 is 27.1. The van der Waals surface area contributed by atoms with Gasteiger partial charge < -0.3 is 0 Å². The Morgan fingerprint density at radius 1 is 1.17 bits per heavy atom. The second-order valence-electron chi connectivity index (χ2n) is 7.33. The van der Waals surface area contributed by atoms with Crippen LogP contribution in [0.4, 0.5) is 0 Å². The average Bonchev–Trinajstić information content (AvgIpc) is 2.74. The van der Waals surface area contributed by atoms with E-state index < -0.39 is 15.9 Å². The predicted molar refractivity (Wildman–Crippen MR) is 114 cm³/mol. The number of carbonyl (C=O) groups is 1. The number of amides is 1. The van der Waals surface area contributed by atoms with E-state index in [4.69, 9.17) is 0 Å². The van der Waals surface area contributed by atoms with Gasteiger partial charge in [0.2, 0.25) is 15.9 Å². The number of carbonyl (C=O) groups excluding carboxylic acids is 1. The van der Waals surface area contributed by atoms with Gasteiger partial charge in [0, 0.05) is 19.3 Å². The molecule has 0 bridgehead atoms. The summed E-state index contributed by atoms with van der Waals surface area (Å²) in [7, 11) is -3.59. The summed E-state index contributed by atoms with van der Waals surface area (Å²) in [5.41, 5.74) is 4.79. The lowest BCUT2D eigenvalue weighted by atomic mass is 9.99. The van der Waals surface area contributed by atoms with E-state index in [2.05, 4.69) is 22.7 Å². The van der Waals surface area contributed by atoms with Crippen molar-refractivity contribution >= 4 is 22.1 Å². The molecular weight excluding hydrogens is 386 g/mol. The highest BCUT2D eigenvalue weighted by molar-refractivity contribution is 7.89. The van der Waals surface area contributed by atoms with Crippen LogP contribution in [0.5, 0.6) is 0 Å². The zero-order valence-electron chi connectivity index (χ0n) is 16.6. The van der Waals surface area contributed by atoms with Gasteiger partial charge in [0.25, 0.3) is 0 Å².